The standard InChI is InChI=1S/C26H21IN4O2/c1-32-20-11-7-18(8-12-20)17-31-26-24(25(27)30-31)23(15-16-28-26)29-19-9-13-22(14-10-19)33-21-5-3-2-4-6-21/h2-16H,17H2,1H3,(H,28,29). The van der Waals surface area contributed by atoms with E-state index in [2.05, 4.69) is 32.9 Å². The van der Waals surface area contributed by atoms with Gasteiger partial charge in [0.15, 0.2) is 5.65 Å². The van der Waals surface area contributed by atoms with Crippen LogP contribution in [0.3, 0.4) is 0 Å². The normalized spacial score (nSPS) is 10.8. The number of anilines is 2. The van der Waals surface area contributed by atoms with E-state index in [9.17, 15) is 0 Å². The molecule has 0 aliphatic carbocycles. The summed E-state index contributed by atoms with van der Waals surface area (Å²) in [5.41, 5.74) is 3.89. The van der Waals surface area contributed by atoms with Crippen LogP contribution in [0.5, 0.6) is 17.2 Å². The molecule has 0 atom stereocenters. The van der Waals surface area contributed by atoms with Gasteiger partial charge in [-0.25, -0.2) is 9.67 Å². The highest BCUT2D eigenvalue weighted by atomic mass is 127. The van der Waals surface area contributed by atoms with Crippen molar-refractivity contribution in [2.45, 2.75) is 6.54 Å². The van der Waals surface area contributed by atoms with Gasteiger partial charge < -0.3 is 14.8 Å². The summed E-state index contributed by atoms with van der Waals surface area (Å²) in [7, 11) is 1.67. The highest BCUT2D eigenvalue weighted by molar-refractivity contribution is 14.1. The van der Waals surface area contributed by atoms with Crippen LogP contribution in [0.15, 0.2) is 91.1 Å². The van der Waals surface area contributed by atoms with Gasteiger partial charge in [-0.15, -0.1) is 0 Å². The van der Waals surface area contributed by atoms with E-state index in [4.69, 9.17) is 14.6 Å². The molecule has 0 spiro atoms. The number of pyridine rings is 1. The molecule has 6 nitrogen and oxygen atoms in total. The zero-order valence-corrected chi connectivity index (χ0v) is 20.1. The van der Waals surface area contributed by atoms with E-state index >= 15 is 0 Å². The summed E-state index contributed by atoms with van der Waals surface area (Å²) in [6, 6.07) is 27.6. The van der Waals surface area contributed by atoms with Crippen LogP contribution in [0.1, 0.15) is 5.56 Å². The van der Waals surface area contributed by atoms with Crippen molar-refractivity contribution in [3.8, 4) is 17.2 Å². The minimum Gasteiger partial charge on any atom is -0.497 e. The monoisotopic (exact) mass is 548 g/mol. The SMILES string of the molecule is COc1ccc(Cn2nc(I)c3c(Nc4ccc(Oc5ccccc5)cc4)ccnc32)cc1. The molecule has 2 heterocycles. The number of halogens is 1. The van der Waals surface area contributed by atoms with Crippen molar-refractivity contribution in [1.29, 1.82) is 0 Å². The van der Waals surface area contributed by atoms with Gasteiger partial charge in [-0.05, 0) is 82.8 Å². The van der Waals surface area contributed by atoms with Crippen LogP contribution in [0.25, 0.3) is 11.0 Å². The molecule has 1 N–H and O–H groups in total. The number of methoxy groups -OCH3 is 1. The number of para-hydroxylation sites is 1. The van der Waals surface area contributed by atoms with Crippen LogP contribution in [0.2, 0.25) is 0 Å². The van der Waals surface area contributed by atoms with Crippen molar-refractivity contribution >= 4 is 45.0 Å². The molecule has 7 heteroatoms. The van der Waals surface area contributed by atoms with E-state index < -0.39 is 0 Å². The fraction of sp³-hybridized carbons (Fsp3) is 0.0769. The van der Waals surface area contributed by atoms with E-state index in [0.717, 1.165) is 48.9 Å². The van der Waals surface area contributed by atoms with Gasteiger partial charge in [0.05, 0.1) is 24.7 Å². The molecule has 0 radical (unpaired) electrons. The molecule has 5 rings (SSSR count). The van der Waals surface area contributed by atoms with Crippen molar-refractivity contribution in [3.05, 3.63) is 100 Å². The molecule has 0 unspecified atom stereocenters. The topological polar surface area (TPSA) is 61.2 Å². The maximum atomic E-state index is 5.89. The average Bonchev–Trinajstić information content (AvgIpc) is 3.17. The number of benzene rings is 3. The maximum absolute atomic E-state index is 5.89. The third kappa shape index (κ3) is 4.78. The molecule has 0 saturated carbocycles. The lowest BCUT2D eigenvalue weighted by Crippen LogP contribution is -2.03. The van der Waals surface area contributed by atoms with Gasteiger partial charge in [-0.2, -0.15) is 5.10 Å². The molecule has 2 aromatic heterocycles. The zero-order chi connectivity index (χ0) is 22.6. The number of rotatable bonds is 7. The third-order valence-electron chi connectivity index (χ3n) is 5.19. The van der Waals surface area contributed by atoms with Gasteiger partial charge in [0, 0.05) is 11.9 Å². The van der Waals surface area contributed by atoms with Crippen LogP contribution >= 0.6 is 22.6 Å². The summed E-state index contributed by atoms with van der Waals surface area (Å²) in [5, 5.41) is 9.24. The summed E-state index contributed by atoms with van der Waals surface area (Å²) < 4.78 is 14.0. The van der Waals surface area contributed by atoms with Gasteiger partial charge >= 0.3 is 0 Å². The zero-order valence-electron chi connectivity index (χ0n) is 17.9. The van der Waals surface area contributed by atoms with Gasteiger partial charge in [-0.3, -0.25) is 0 Å². The second kappa shape index (κ2) is 9.50. The van der Waals surface area contributed by atoms with Crippen molar-refractivity contribution in [3.63, 3.8) is 0 Å². The van der Waals surface area contributed by atoms with Crippen LogP contribution in [0, 0.1) is 3.70 Å². The molecule has 0 fully saturated rings. The minimum absolute atomic E-state index is 0.630. The Hall–Kier alpha value is -3.59. The molecule has 5 aromatic rings. The smallest absolute Gasteiger partial charge is 0.161 e. The first-order valence-electron chi connectivity index (χ1n) is 10.4. The predicted octanol–water partition coefficient (Wildman–Crippen LogP) is 6.63. The first kappa shape index (κ1) is 21.3. The largest absolute Gasteiger partial charge is 0.497 e. The fourth-order valence-electron chi connectivity index (χ4n) is 3.56. The first-order chi connectivity index (χ1) is 16.2. The van der Waals surface area contributed by atoms with Crippen LogP contribution in [-0.2, 0) is 6.54 Å². The molecule has 0 aliphatic rings. The lowest BCUT2D eigenvalue weighted by Gasteiger charge is -2.10. The van der Waals surface area contributed by atoms with Crippen molar-refractivity contribution < 1.29 is 9.47 Å². The number of hydrogen-bond donors (Lipinski definition) is 1. The molecule has 3 aromatic carbocycles. The summed E-state index contributed by atoms with van der Waals surface area (Å²) in [6.07, 6.45) is 1.81. The molecular formula is C26H21IN4O2. The Bertz CT molecular complexity index is 1370. The van der Waals surface area contributed by atoms with E-state index in [0.29, 0.717) is 6.54 Å². The fourth-order valence-corrected chi connectivity index (χ4v) is 4.35. The van der Waals surface area contributed by atoms with Crippen molar-refractivity contribution in [2.24, 2.45) is 0 Å². The minimum atomic E-state index is 0.630. The number of nitrogens with zero attached hydrogens (tertiary/aromatic N) is 3. The van der Waals surface area contributed by atoms with Gasteiger partial charge in [0.25, 0.3) is 0 Å². The highest BCUT2D eigenvalue weighted by Gasteiger charge is 2.14. The Morgan fingerprint density at radius 1 is 0.848 bits per heavy atom. The second-order valence-corrected chi connectivity index (χ2v) is 8.44. The lowest BCUT2D eigenvalue weighted by atomic mass is 10.2. The second-order valence-electron chi connectivity index (χ2n) is 7.42. The Morgan fingerprint density at radius 3 is 2.27 bits per heavy atom. The van der Waals surface area contributed by atoms with Gasteiger partial charge in [0.2, 0.25) is 0 Å². The predicted molar refractivity (Wildman–Crippen MR) is 139 cm³/mol. The van der Waals surface area contributed by atoms with Gasteiger partial charge in [-0.1, -0.05) is 30.3 Å². The van der Waals surface area contributed by atoms with Crippen molar-refractivity contribution in [1.82, 2.24) is 14.8 Å². The molecule has 0 amide bonds. The molecule has 0 aliphatic heterocycles. The number of ether oxygens (including phenoxy) is 2. The van der Waals surface area contributed by atoms with Crippen LogP contribution in [0.4, 0.5) is 11.4 Å². The van der Waals surface area contributed by atoms with E-state index in [1.165, 1.54) is 0 Å². The Kier molecular flexibility index (Phi) is 6.12. The summed E-state index contributed by atoms with van der Waals surface area (Å²) in [5.74, 6) is 2.44. The number of aromatic nitrogens is 3. The molecule has 0 saturated heterocycles. The molecule has 33 heavy (non-hydrogen) atoms. The molecular weight excluding hydrogens is 527 g/mol. The summed E-state index contributed by atoms with van der Waals surface area (Å²) in [4.78, 5) is 4.61. The van der Waals surface area contributed by atoms with E-state index in [-0.39, 0.29) is 0 Å². The van der Waals surface area contributed by atoms with Gasteiger partial charge in [0.1, 0.15) is 20.9 Å². The average molecular weight is 548 g/mol. The Morgan fingerprint density at radius 2 is 1.55 bits per heavy atom. The lowest BCUT2D eigenvalue weighted by molar-refractivity contribution is 0.414. The summed E-state index contributed by atoms with van der Waals surface area (Å²) >= 11 is 2.27. The molecule has 0 bridgehead atoms. The Balaban J connectivity index is 1.37. The number of fused-ring (bicyclic) bond motifs is 1. The van der Waals surface area contributed by atoms with E-state index in [1.807, 2.05) is 89.6 Å². The quantitative estimate of drug-likeness (QED) is 0.232. The van der Waals surface area contributed by atoms with Crippen molar-refractivity contribution in [2.75, 3.05) is 12.4 Å². The third-order valence-corrected chi connectivity index (χ3v) is 5.95. The van der Waals surface area contributed by atoms with Crippen LogP contribution in [-0.4, -0.2) is 21.9 Å². The maximum Gasteiger partial charge on any atom is 0.161 e. The Labute approximate surface area is 205 Å². The van der Waals surface area contributed by atoms with E-state index in [1.54, 1.807) is 13.3 Å². The molecule has 164 valence electrons. The number of hydrogen-bond acceptors (Lipinski definition) is 5. The number of nitrogens with one attached hydrogen (secondary N) is 1. The first-order valence-corrected chi connectivity index (χ1v) is 11.5. The summed E-state index contributed by atoms with van der Waals surface area (Å²) in [6.45, 7) is 0.630. The highest BCUT2D eigenvalue weighted by Crippen LogP contribution is 2.30. The van der Waals surface area contributed by atoms with Crippen LogP contribution < -0.4 is 14.8 Å².